The summed E-state index contributed by atoms with van der Waals surface area (Å²) in [5, 5.41) is 9.02. The number of nitrogens with zero attached hydrogens (tertiary/aromatic N) is 2. The van der Waals surface area contributed by atoms with Crippen LogP contribution in [0.25, 0.3) is 74.8 Å². The van der Waals surface area contributed by atoms with Crippen molar-refractivity contribution in [1.82, 2.24) is 0 Å². The fraction of sp³-hybridized carbons (Fsp3) is 0. The largest absolute Gasteiger partial charge is 0.454 e. The Labute approximate surface area is 331 Å². The van der Waals surface area contributed by atoms with E-state index in [1.807, 2.05) is 23.5 Å². The quantitative estimate of drug-likeness (QED) is 0.159. The first-order chi connectivity index (χ1) is 28.3. The van der Waals surface area contributed by atoms with Gasteiger partial charge >= 0.3 is 0 Å². The van der Waals surface area contributed by atoms with Gasteiger partial charge < -0.3 is 18.6 Å². The third-order valence-corrected chi connectivity index (χ3v) is 12.4. The Morgan fingerprint density at radius 2 is 0.754 bits per heavy atom. The van der Waals surface area contributed by atoms with Gasteiger partial charge in [-0.2, -0.15) is 0 Å². The van der Waals surface area contributed by atoms with E-state index in [1.165, 1.54) is 20.2 Å². The number of fused-ring (bicyclic) bond motifs is 10. The summed E-state index contributed by atoms with van der Waals surface area (Å²) in [6, 6.07) is 68.8. The summed E-state index contributed by atoms with van der Waals surface area (Å²) in [6.45, 7) is 0. The smallest absolute Gasteiger partial charge is 0.159 e. The average Bonchev–Trinajstić information content (AvgIpc) is 3.98. The van der Waals surface area contributed by atoms with Gasteiger partial charge in [0, 0.05) is 59.2 Å². The lowest BCUT2D eigenvalue weighted by Crippen LogP contribution is -2.14. The van der Waals surface area contributed by atoms with E-state index in [4.69, 9.17) is 8.83 Å². The number of hydrogen-bond acceptors (Lipinski definition) is 5. The Morgan fingerprint density at radius 1 is 0.333 bits per heavy atom. The zero-order chi connectivity index (χ0) is 37.5. The molecule has 57 heavy (non-hydrogen) atoms. The minimum absolute atomic E-state index is 0.853. The summed E-state index contributed by atoms with van der Waals surface area (Å²) >= 11 is 1.84. The summed E-state index contributed by atoms with van der Waals surface area (Å²) in [4.78, 5) is 4.84. The van der Waals surface area contributed by atoms with Crippen molar-refractivity contribution >= 4 is 120 Å². The molecule has 0 aliphatic rings. The molecule has 0 saturated carbocycles. The monoisotopic (exact) mass is 748 g/mol. The van der Waals surface area contributed by atoms with Gasteiger partial charge in [-0.05, 0) is 54.6 Å². The molecule has 0 radical (unpaired) electrons. The maximum absolute atomic E-state index is 6.79. The van der Waals surface area contributed by atoms with Crippen molar-refractivity contribution in [3.05, 3.63) is 194 Å². The Bertz CT molecular complexity index is 3490. The standard InChI is InChI=1S/C52H32N2O2S/c1-3-17-33(18-4-1)53(42-28-15-26-39-35-21-9-12-30-44(35)55-50(39)42)48-37-23-7-8-24-38(37)49(52-47(48)41-25-11-14-32-46(41)57-52)54(34-19-5-2-6-20-34)43-29-16-27-40-36-22-10-13-31-45(36)56-51(40)43/h1-32H. The molecule has 0 fully saturated rings. The van der Waals surface area contributed by atoms with Gasteiger partial charge in [0.2, 0.25) is 0 Å². The molecular weight excluding hydrogens is 717 g/mol. The molecule has 5 heteroatoms. The molecule has 268 valence electrons. The number of para-hydroxylation sites is 6. The Balaban J connectivity index is 1.25. The molecule has 0 bridgehead atoms. The van der Waals surface area contributed by atoms with Gasteiger partial charge in [-0.25, -0.2) is 0 Å². The molecule has 4 nitrogen and oxygen atoms in total. The topological polar surface area (TPSA) is 32.8 Å². The SMILES string of the molecule is c1ccc(N(c2cccc3c2oc2ccccc23)c2c3ccccc3c(N(c3ccccc3)c3cccc4c3oc3ccccc34)c3c2sc2ccccc23)cc1. The maximum Gasteiger partial charge on any atom is 0.159 e. The second kappa shape index (κ2) is 12.6. The number of furan rings is 2. The van der Waals surface area contributed by atoms with E-state index in [-0.39, 0.29) is 0 Å². The molecule has 0 aliphatic heterocycles. The lowest BCUT2D eigenvalue weighted by Gasteiger charge is -2.32. The minimum atomic E-state index is 0.853. The lowest BCUT2D eigenvalue weighted by atomic mass is 9.97. The molecule has 0 saturated heterocycles. The lowest BCUT2D eigenvalue weighted by molar-refractivity contribution is 0.669. The van der Waals surface area contributed by atoms with Gasteiger partial charge in [-0.3, -0.25) is 0 Å². The highest BCUT2D eigenvalue weighted by Crippen LogP contribution is 2.56. The van der Waals surface area contributed by atoms with Gasteiger partial charge in [0.05, 0.1) is 27.4 Å². The average molecular weight is 749 g/mol. The van der Waals surface area contributed by atoms with E-state index in [1.54, 1.807) is 0 Å². The molecule has 12 aromatic rings. The van der Waals surface area contributed by atoms with Gasteiger partial charge in [0.15, 0.2) is 11.2 Å². The van der Waals surface area contributed by atoms with Crippen LogP contribution in [0.15, 0.2) is 203 Å². The van der Waals surface area contributed by atoms with E-state index in [0.717, 1.165) is 88.8 Å². The summed E-state index contributed by atoms with van der Waals surface area (Å²) in [5.41, 5.74) is 9.74. The first kappa shape index (κ1) is 32.0. The van der Waals surface area contributed by atoms with Gasteiger partial charge in [-0.1, -0.05) is 140 Å². The van der Waals surface area contributed by atoms with E-state index >= 15 is 0 Å². The van der Waals surface area contributed by atoms with Crippen molar-refractivity contribution in [3.63, 3.8) is 0 Å². The van der Waals surface area contributed by atoms with Crippen LogP contribution >= 0.6 is 11.3 Å². The minimum Gasteiger partial charge on any atom is -0.454 e. The van der Waals surface area contributed by atoms with Crippen LogP contribution in [0.1, 0.15) is 0 Å². The maximum atomic E-state index is 6.79. The van der Waals surface area contributed by atoms with Crippen LogP contribution in [0, 0.1) is 0 Å². The van der Waals surface area contributed by atoms with E-state index in [0.29, 0.717) is 0 Å². The third kappa shape index (κ3) is 4.79. The molecule has 0 amide bonds. The molecule has 0 aliphatic carbocycles. The number of rotatable bonds is 6. The number of thiophene rings is 1. The first-order valence-corrected chi connectivity index (χ1v) is 20.0. The first-order valence-electron chi connectivity index (χ1n) is 19.2. The Kier molecular flexibility index (Phi) is 7.06. The molecule has 0 unspecified atom stereocenters. The van der Waals surface area contributed by atoms with Gasteiger partial charge in [-0.15, -0.1) is 11.3 Å². The highest BCUT2D eigenvalue weighted by atomic mass is 32.1. The number of benzene rings is 9. The fourth-order valence-electron chi connectivity index (χ4n) is 8.80. The predicted octanol–water partition coefficient (Wildman–Crippen LogP) is 15.9. The second-order valence-corrected chi connectivity index (χ2v) is 15.4. The van der Waals surface area contributed by atoms with Crippen molar-refractivity contribution in [2.24, 2.45) is 0 Å². The zero-order valence-electron chi connectivity index (χ0n) is 30.6. The van der Waals surface area contributed by atoms with E-state index in [2.05, 4.69) is 192 Å². The molecule has 0 N–H and O–H groups in total. The molecule has 3 aromatic heterocycles. The van der Waals surface area contributed by atoms with Crippen molar-refractivity contribution < 1.29 is 8.83 Å². The molecule has 12 rings (SSSR count). The van der Waals surface area contributed by atoms with E-state index in [9.17, 15) is 0 Å². The zero-order valence-corrected chi connectivity index (χ0v) is 31.4. The molecule has 0 spiro atoms. The van der Waals surface area contributed by atoms with Crippen LogP contribution in [0.4, 0.5) is 34.1 Å². The van der Waals surface area contributed by atoms with Crippen LogP contribution < -0.4 is 9.80 Å². The summed E-state index contributed by atoms with van der Waals surface area (Å²) in [6.07, 6.45) is 0. The fourth-order valence-corrected chi connectivity index (χ4v) is 10.1. The van der Waals surface area contributed by atoms with Gasteiger partial charge in [0.25, 0.3) is 0 Å². The van der Waals surface area contributed by atoms with Crippen molar-refractivity contribution in [1.29, 1.82) is 0 Å². The second-order valence-electron chi connectivity index (χ2n) is 14.4. The molecule has 3 heterocycles. The van der Waals surface area contributed by atoms with Crippen LogP contribution in [0.2, 0.25) is 0 Å². The normalized spacial score (nSPS) is 11.9. The highest BCUT2D eigenvalue weighted by molar-refractivity contribution is 7.26. The summed E-state index contributed by atoms with van der Waals surface area (Å²) < 4.78 is 16.0. The van der Waals surface area contributed by atoms with E-state index < -0.39 is 0 Å². The van der Waals surface area contributed by atoms with Crippen LogP contribution in [0.5, 0.6) is 0 Å². The highest BCUT2D eigenvalue weighted by Gasteiger charge is 2.30. The predicted molar refractivity (Wildman–Crippen MR) is 241 cm³/mol. The molecular formula is C52H32N2O2S. The Morgan fingerprint density at radius 3 is 1.32 bits per heavy atom. The van der Waals surface area contributed by atoms with Crippen molar-refractivity contribution in [2.75, 3.05) is 9.80 Å². The van der Waals surface area contributed by atoms with Crippen LogP contribution in [0.3, 0.4) is 0 Å². The van der Waals surface area contributed by atoms with Crippen LogP contribution in [-0.4, -0.2) is 0 Å². The summed E-state index contributed by atoms with van der Waals surface area (Å²) in [7, 11) is 0. The number of anilines is 6. The van der Waals surface area contributed by atoms with Crippen molar-refractivity contribution in [3.8, 4) is 0 Å². The third-order valence-electron chi connectivity index (χ3n) is 11.2. The van der Waals surface area contributed by atoms with Crippen LogP contribution in [-0.2, 0) is 0 Å². The van der Waals surface area contributed by atoms with Gasteiger partial charge in [0.1, 0.15) is 11.2 Å². The molecule has 0 atom stereocenters. The van der Waals surface area contributed by atoms with Crippen molar-refractivity contribution in [2.45, 2.75) is 0 Å². The summed E-state index contributed by atoms with van der Waals surface area (Å²) in [5.74, 6) is 0. The number of hydrogen-bond donors (Lipinski definition) is 0. The molecule has 9 aromatic carbocycles. The Hall–Kier alpha value is -7.34.